The van der Waals surface area contributed by atoms with Crippen LogP contribution in [0.4, 0.5) is 0 Å². The first-order chi connectivity index (χ1) is 11.6. The fraction of sp³-hybridized carbons (Fsp3) is 0.444. The summed E-state index contributed by atoms with van der Waals surface area (Å²) in [6.07, 6.45) is 3.88. The van der Waals surface area contributed by atoms with E-state index in [0.717, 1.165) is 38.4 Å². The van der Waals surface area contributed by atoms with Crippen LogP contribution in [0.15, 0.2) is 36.8 Å². The molecule has 1 aromatic carbocycles. The van der Waals surface area contributed by atoms with E-state index in [9.17, 15) is 4.79 Å². The third-order valence-corrected chi connectivity index (χ3v) is 5.07. The van der Waals surface area contributed by atoms with E-state index in [-0.39, 0.29) is 11.4 Å². The molecule has 1 saturated heterocycles. The molecule has 0 radical (unpaired) electrons. The molecule has 2 aromatic rings. The maximum atomic E-state index is 12.0. The molecule has 2 aliphatic heterocycles. The first-order valence-electron chi connectivity index (χ1n) is 8.24. The highest BCUT2D eigenvalue weighted by Crippen LogP contribution is 2.39. The van der Waals surface area contributed by atoms with Crippen LogP contribution in [0.25, 0.3) is 0 Å². The summed E-state index contributed by atoms with van der Waals surface area (Å²) in [5.74, 6) is 0.0345. The molecule has 0 atom stereocenters. The number of amides is 1. The molecule has 0 bridgehead atoms. The first-order valence-corrected chi connectivity index (χ1v) is 8.24. The Hall–Kier alpha value is -2.18. The highest BCUT2D eigenvalue weighted by Gasteiger charge is 2.49. The number of carbonyl (C=O) groups excluding carboxylic acids is 1. The van der Waals surface area contributed by atoms with Gasteiger partial charge >= 0.3 is 0 Å². The number of hydrogen-bond donors (Lipinski definition) is 0. The van der Waals surface area contributed by atoms with Crippen molar-refractivity contribution in [2.75, 3.05) is 33.9 Å². The van der Waals surface area contributed by atoms with Gasteiger partial charge in [0.1, 0.15) is 5.54 Å². The Labute approximate surface area is 141 Å². The molecule has 2 aliphatic rings. The topological polar surface area (TPSA) is 50.6 Å². The van der Waals surface area contributed by atoms with Crippen molar-refractivity contribution < 1.29 is 9.53 Å². The summed E-state index contributed by atoms with van der Waals surface area (Å²) in [6, 6.07) is 7.93. The maximum Gasteiger partial charge on any atom is 0.253 e. The Kier molecular flexibility index (Phi) is 3.66. The zero-order valence-corrected chi connectivity index (χ0v) is 14.1. The predicted molar refractivity (Wildman–Crippen MR) is 89.6 cm³/mol. The van der Waals surface area contributed by atoms with Gasteiger partial charge in [0, 0.05) is 39.3 Å². The third kappa shape index (κ3) is 2.34. The van der Waals surface area contributed by atoms with Crippen LogP contribution in [-0.2, 0) is 23.4 Å². The van der Waals surface area contributed by atoms with Crippen molar-refractivity contribution in [3.8, 4) is 0 Å². The van der Waals surface area contributed by atoms with Crippen LogP contribution in [0.2, 0.25) is 0 Å². The normalized spacial score (nSPS) is 18.9. The number of benzene rings is 1. The van der Waals surface area contributed by atoms with E-state index in [1.165, 1.54) is 11.3 Å². The smallest absolute Gasteiger partial charge is 0.253 e. The molecule has 126 valence electrons. The van der Waals surface area contributed by atoms with Gasteiger partial charge < -0.3 is 14.2 Å². The number of hydrogen-bond acceptors (Lipinski definition) is 4. The summed E-state index contributed by atoms with van der Waals surface area (Å²) in [7, 11) is 3.54. The van der Waals surface area contributed by atoms with Crippen molar-refractivity contribution in [1.29, 1.82) is 0 Å². The Bertz CT molecular complexity index is 747. The van der Waals surface area contributed by atoms with E-state index in [4.69, 9.17) is 4.74 Å². The van der Waals surface area contributed by atoms with Crippen LogP contribution >= 0.6 is 0 Å². The van der Waals surface area contributed by atoms with Crippen molar-refractivity contribution in [3.63, 3.8) is 0 Å². The van der Waals surface area contributed by atoms with Gasteiger partial charge in [-0.15, -0.1) is 0 Å². The molecule has 1 spiro atoms. The summed E-state index contributed by atoms with van der Waals surface area (Å²) in [4.78, 5) is 20.4. The van der Waals surface area contributed by atoms with Crippen molar-refractivity contribution in [1.82, 2.24) is 19.4 Å². The average molecular weight is 326 g/mol. The molecule has 24 heavy (non-hydrogen) atoms. The molecule has 6 heteroatoms. The van der Waals surface area contributed by atoms with E-state index in [1.807, 2.05) is 24.7 Å². The van der Waals surface area contributed by atoms with E-state index in [2.05, 4.69) is 26.6 Å². The molecule has 1 fully saturated rings. The number of fused-ring (bicyclic) bond motifs is 2. The molecule has 4 rings (SSSR count). The monoisotopic (exact) mass is 326 g/mol. The van der Waals surface area contributed by atoms with Gasteiger partial charge in [-0.05, 0) is 17.7 Å². The molecular formula is C18H22N4O2. The third-order valence-electron chi connectivity index (χ3n) is 5.07. The van der Waals surface area contributed by atoms with Gasteiger partial charge in [-0.2, -0.15) is 0 Å². The van der Waals surface area contributed by atoms with Crippen molar-refractivity contribution >= 4 is 5.91 Å². The second kappa shape index (κ2) is 5.72. The standard InChI is InChI=1S/C18H22N4O2/c1-20(2)17(23)15-5-3-14(4-6-15)10-22-8-7-21-13-19-9-16(21)18(22)11-24-12-18/h3-6,9,13H,7-8,10-12H2,1-2H3. The van der Waals surface area contributed by atoms with Crippen LogP contribution in [0, 0.1) is 0 Å². The lowest BCUT2D eigenvalue weighted by Gasteiger charge is -2.52. The van der Waals surface area contributed by atoms with Gasteiger partial charge in [0.25, 0.3) is 5.91 Å². The number of imidazole rings is 1. The quantitative estimate of drug-likeness (QED) is 0.854. The van der Waals surface area contributed by atoms with Crippen LogP contribution in [0.3, 0.4) is 0 Å². The Morgan fingerprint density at radius 2 is 2.00 bits per heavy atom. The summed E-state index contributed by atoms with van der Waals surface area (Å²) in [5.41, 5.74) is 3.14. The van der Waals surface area contributed by atoms with Gasteiger partial charge in [0.05, 0.1) is 31.4 Å². The Balaban J connectivity index is 1.54. The van der Waals surface area contributed by atoms with Gasteiger partial charge in [-0.1, -0.05) is 12.1 Å². The van der Waals surface area contributed by atoms with E-state index < -0.39 is 0 Å². The van der Waals surface area contributed by atoms with Crippen LogP contribution in [0.5, 0.6) is 0 Å². The summed E-state index contributed by atoms with van der Waals surface area (Å²) >= 11 is 0. The maximum absolute atomic E-state index is 12.0. The lowest BCUT2D eigenvalue weighted by molar-refractivity contribution is -0.162. The van der Waals surface area contributed by atoms with Gasteiger partial charge in [-0.3, -0.25) is 9.69 Å². The minimum atomic E-state index is -0.0487. The molecule has 1 amide bonds. The van der Waals surface area contributed by atoms with Crippen molar-refractivity contribution in [2.24, 2.45) is 0 Å². The summed E-state index contributed by atoms with van der Waals surface area (Å²) in [6.45, 7) is 4.22. The van der Waals surface area contributed by atoms with Gasteiger partial charge in [-0.25, -0.2) is 4.98 Å². The summed E-state index contributed by atoms with van der Waals surface area (Å²) < 4.78 is 7.79. The molecule has 1 aromatic heterocycles. The molecule has 0 unspecified atom stereocenters. The Morgan fingerprint density at radius 1 is 1.25 bits per heavy atom. The SMILES string of the molecule is CN(C)C(=O)c1ccc(CN2CCn3cncc3C23COC3)cc1. The number of carbonyl (C=O) groups is 1. The molecule has 6 nitrogen and oxygen atoms in total. The first kappa shape index (κ1) is 15.4. The van der Waals surface area contributed by atoms with E-state index in [0.29, 0.717) is 0 Å². The van der Waals surface area contributed by atoms with Crippen LogP contribution in [0.1, 0.15) is 21.6 Å². The fourth-order valence-corrected chi connectivity index (χ4v) is 3.58. The average Bonchev–Trinajstić information content (AvgIpc) is 3.02. The largest absolute Gasteiger partial charge is 0.377 e. The number of rotatable bonds is 3. The van der Waals surface area contributed by atoms with Crippen molar-refractivity contribution in [2.45, 2.75) is 18.6 Å². The number of ether oxygens (including phenoxy) is 1. The molecular weight excluding hydrogens is 304 g/mol. The zero-order chi connectivity index (χ0) is 16.7. The Morgan fingerprint density at radius 3 is 2.62 bits per heavy atom. The second-order valence-electron chi connectivity index (χ2n) is 6.81. The summed E-state index contributed by atoms with van der Waals surface area (Å²) in [5, 5.41) is 0. The lowest BCUT2D eigenvalue weighted by Crippen LogP contribution is -2.62. The molecule has 0 saturated carbocycles. The lowest BCUT2D eigenvalue weighted by atomic mass is 9.88. The van der Waals surface area contributed by atoms with Crippen molar-refractivity contribution in [3.05, 3.63) is 53.6 Å². The highest BCUT2D eigenvalue weighted by molar-refractivity contribution is 5.93. The molecule has 3 heterocycles. The van der Waals surface area contributed by atoms with E-state index >= 15 is 0 Å². The predicted octanol–water partition coefficient (Wildman–Crippen LogP) is 1.33. The highest BCUT2D eigenvalue weighted by atomic mass is 16.5. The van der Waals surface area contributed by atoms with Crippen LogP contribution in [-0.4, -0.2) is 59.1 Å². The minimum Gasteiger partial charge on any atom is -0.377 e. The molecule has 0 N–H and O–H groups in total. The second-order valence-corrected chi connectivity index (χ2v) is 6.81. The number of aromatic nitrogens is 2. The fourth-order valence-electron chi connectivity index (χ4n) is 3.58. The number of nitrogens with zero attached hydrogens (tertiary/aromatic N) is 4. The van der Waals surface area contributed by atoms with Gasteiger partial charge in [0.15, 0.2) is 0 Å². The zero-order valence-electron chi connectivity index (χ0n) is 14.1. The van der Waals surface area contributed by atoms with Gasteiger partial charge in [0.2, 0.25) is 0 Å². The minimum absolute atomic E-state index is 0.0345. The van der Waals surface area contributed by atoms with E-state index in [1.54, 1.807) is 19.0 Å². The molecule has 0 aliphatic carbocycles. The van der Waals surface area contributed by atoms with Crippen LogP contribution < -0.4 is 0 Å².